The second-order valence-corrected chi connectivity index (χ2v) is 5.79. The molecule has 0 fully saturated rings. The molecule has 1 aromatic heterocycles. The standard InChI is InChI=1S/C17H13N3O3S/c1-24-15-9-2-5-12(16(15)20(22)23)17(21)19-14-8-3-7-13-11(14)6-4-10-18-13/h2-10H,1H3,(H,19,21). The second-order valence-electron chi connectivity index (χ2n) is 4.94. The Bertz CT molecular complexity index is 938. The van der Waals surface area contributed by atoms with Gasteiger partial charge < -0.3 is 5.32 Å². The molecule has 0 bridgehead atoms. The Hall–Kier alpha value is -2.93. The molecule has 0 radical (unpaired) electrons. The number of aromatic nitrogens is 1. The maximum Gasteiger partial charge on any atom is 0.295 e. The van der Waals surface area contributed by atoms with E-state index in [4.69, 9.17) is 0 Å². The lowest BCUT2D eigenvalue weighted by Gasteiger charge is -2.09. The van der Waals surface area contributed by atoms with Crippen LogP contribution in [0.5, 0.6) is 0 Å². The molecule has 7 heteroatoms. The minimum atomic E-state index is -0.522. The molecular weight excluding hydrogens is 326 g/mol. The first kappa shape index (κ1) is 15.9. The first-order chi connectivity index (χ1) is 11.6. The van der Waals surface area contributed by atoms with E-state index >= 15 is 0 Å². The monoisotopic (exact) mass is 339 g/mol. The quantitative estimate of drug-likeness (QED) is 0.439. The molecule has 0 spiro atoms. The van der Waals surface area contributed by atoms with Crippen molar-refractivity contribution in [3.63, 3.8) is 0 Å². The Morgan fingerprint density at radius 2 is 1.96 bits per heavy atom. The lowest BCUT2D eigenvalue weighted by atomic mass is 10.1. The zero-order valence-corrected chi connectivity index (χ0v) is 13.5. The van der Waals surface area contributed by atoms with Crippen LogP contribution in [0, 0.1) is 10.1 Å². The van der Waals surface area contributed by atoms with Crippen molar-refractivity contribution >= 4 is 39.9 Å². The summed E-state index contributed by atoms with van der Waals surface area (Å²) in [4.78, 5) is 28.1. The van der Waals surface area contributed by atoms with E-state index in [0.717, 1.165) is 10.9 Å². The van der Waals surface area contributed by atoms with Crippen molar-refractivity contribution in [3.8, 4) is 0 Å². The van der Waals surface area contributed by atoms with E-state index in [1.807, 2.05) is 12.1 Å². The van der Waals surface area contributed by atoms with Crippen LogP contribution in [0.3, 0.4) is 0 Å². The van der Waals surface area contributed by atoms with E-state index in [0.29, 0.717) is 10.6 Å². The van der Waals surface area contributed by atoms with E-state index in [1.165, 1.54) is 17.8 Å². The molecule has 120 valence electrons. The SMILES string of the molecule is CSc1cccc(C(=O)Nc2cccc3ncccc23)c1[N+](=O)[O-]. The number of para-hydroxylation sites is 1. The zero-order chi connectivity index (χ0) is 17.1. The molecule has 2 aromatic carbocycles. The average Bonchev–Trinajstić information content (AvgIpc) is 2.61. The van der Waals surface area contributed by atoms with E-state index in [2.05, 4.69) is 10.3 Å². The van der Waals surface area contributed by atoms with Crippen molar-refractivity contribution < 1.29 is 9.72 Å². The van der Waals surface area contributed by atoms with Gasteiger partial charge >= 0.3 is 0 Å². The van der Waals surface area contributed by atoms with E-state index < -0.39 is 10.8 Å². The van der Waals surface area contributed by atoms with Crippen LogP contribution in [0.1, 0.15) is 10.4 Å². The van der Waals surface area contributed by atoms with Crippen LogP contribution >= 0.6 is 11.8 Å². The van der Waals surface area contributed by atoms with Crippen LogP contribution in [0.2, 0.25) is 0 Å². The summed E-state index contributed by atoms with van der Waals surface area (Å²) >= 11 is 1.23. The predicted molar refractivity (Wildman–Crippen MR) is 94.6 cm³/mol. The van der Waals surface area contributed by atoms with Gasteiger partial charge in [-0.2, -0.15) is 0 Å². The highest BCUT2D eigenvalue weighted by Crippen LogP contribution is 2.32. The molecule has 0 saturated heterocycles. The molecule has 6 nitrogen and oxygen atoms in total. The number of fused-ring (bicyclic) bond motifs is 1. The number of thioether (sulfide) groups is 1. The van der Waals surface area contributed by atoms with Crippen LogP contribution < -0.4 is 5.32 Å². The fraction of sp³-hybridized carbons (Fsp3) is 0.0588. The Balaban J connectivity index is 2.03. The van der Waals surface area contributed by atoms with Gasteiger partial charge in [0.05, 0.1) is 21.0 Å². The molecule has 0 saturated carbocycles. The largest absolute Gasteiger partial charge is 0.321 e. The van der Waals surface area contributed by atoms with Gasteiger partial charge in [-0.1, -0.05) is 12.1 Å². The van der Waals surface area contributed by atoms with Gasteiger partial charge in [0.1, 0.15) is 5.56 Å². The topological polar surface area (TPSA) is 85.1 Å². The van der Waals surface area contributed by atoms with Crippen LogP contribution in [-0.4, -0.2) is 22.1 Å². The van der Waals surface area contributed by atoms with Crippen LogP contribution in [0.4, 0.5) is 11.4 Å². The number of hydrogen-bond acceptors (Lipinski definition) is 5. The summed E-state index contributed by atoms with van der Waals surface area (Å²) in [5.41, 5.74) is 1.16. The highest BCUT2D eigenvalue weighted by molar-refractivity contribution is 7.98. The van der Waals surface area contributed by atoms with Crippen LogP contribution in [0.15, 0.2) is 59.6 Å². The summed E-state index contributed by atoms with van der Waals surface area (Å²) in [5.74, 6) is -0.519. The number of carbonyl (C=O) groups excluding carboxylic acids is 1. The molecular formula is C17H13N3O3S. The van der Waals surface area contributed by atoms with Crippen molar-refractivity contribution in [2.75, 3.05) is 11.6 Å². The van der Waals surface area contributed by atoms with Gasteiger partial charge in [-0.25, -0.2) is 0 Å². The fourth-order valence-electron chi connectivity index (χ4n) is 2.46. The summed E-state index contributed by atoms with van der Waals surface area (Å²) < 4.78 is 0. The Labute approximate surface area is 142 Å². The number of nitrogens with zero attached hydrogens (tertiary/aromatic N) is 2. The molecule has 1 N–H and O–H groups in total. The Morgan fingerprint density at radius 3 is 2.71 bits per heavy atom. The molecule has 0 aliphatic heterocycles. The summed E-state index contributed by atoms with van der Waals surface area (Å²) in [6.45, 7) is 0. The number of hydrogen-bond donors (Lipinski definition) is 1. The second kappa shape index (κ2) is 6.67. The van der Waals surface area contributed by atoms with Crippen molar-refractivity contribution in [3.05, 3.63) is 70.4 Å². The minimum Gasteiger partial charge on any atom is -0.321 e. The van der Waals surface area contributed by atoms with Gasteiger partial charge in [-0.05, 0) is 42.7 Å². The average molecular weight is 339 g/mol. The number of nitro groups is 1. The maximum atomic E-state index is 12.6. The summed E-state index contributed by atoms with van der Waals surface area (Å²) in [7, 11) is 0. The fourth-order valence-corrected chi connectivity index (χ4v) is 3.05. The molecule has 1 amide bonds. The van der Waals surface area contributed by atoms with E-state index in [1.54, 1.807) is 42.8 Å². The summed E-state index contributed by atoms with van der Waals surface area (Å²) in [5, 5.41) is 14.9. The van der Waals surface area contributed by atoms with Crippen molar-refractivity contribution in [1.29, 1.82) is 0 Å². The van der Waals surface area contributed by atoms with Gasteiger partial charge in [-0.3, -0.25) is 19.9 Å². The van der Waals surface area contributed by atoms with Crippen molar-refractivity contribution in [2.24, 2.45) is 0 Å². The lowest BCUT2D eigenvalue weighted by Crippen LogP contribution is -2.14. The van der Waals surface area contributed by atoms with Crippen molar-refractivity contribution in [2.45, 2.75) is 4.90 Å². The predicted octanol–water partition coefficient (Wildman–Crippen LogP) is 4.12. The molecule has 1 heterocycles. The van der Waals surface area contributed by atoms with Gasteiger partial charge in [0.2, 0.25) is 0 Å². The van der Waals surface area contributed by atoms with Gasteiger partial charge in [0.25, 0.3) is 11.6 Å². The number of anilines is 1. The van der Waals surface area contributed by atoms with E-state index in [9.17, 15) is 14.9 Å². The molecule has 0 aliphatic rings. The molecule has 3 rings (SSSR count). The number of nitro benzene ring substituents is 1. The highest BCUT2D eigenvalue weighted by atomic mass is 32.2. The highest BCUT2D eigenvalue weighted by Gasteiger charge is 2.24. The Morgan fingerprint density at radius 1 is 1.17 bits per heavy atom. The van der Waals surface area contributed by atoms with Gasteiger partial charge in [0.15, 0.2) is 0 Å². The number of amides is 1. The summed E-state index contributed by atoms with van der Waals surface area (Å²) in [6, 6.07) is 13.7. The molecule has 24 heavy (non-hydrogen) atoms. The normalized spacial score (nSPS) is 10.5. The zero-order valence-electron chi connectivity index (χ0n) is 12.7. The van der Waals surface area contributed by atoms with Crippen LogP contribution in [-0.2, 0) is 0 Å². The summed E-state index contributed by atoms with van der Waals surface area (Å²) in [6.07, 6.45) is 3.40. The van der Waals surface area contributed by atoms with Gasteiger partial charge in [0, 0.05) is 11.6 Å². The Kier molecular flexibility index (Phi) is 4.43. The smallest absolute Gasteiger partial charge is 0.295 e. The lowest BCUT2D eigenvalue weighted by molar-refractivity contribution is -0.388. The number of benzene rings is 2. The first-order valence-corrected chi connectivity index (χ1v) is 8.31. The maximum absolute atomic E-state index is 12.6. The van der Waals surface area contributed by atoms with Crippen LogP contribution in [0.25, 0.3) is 10.9 Å². The third-order valence-corrected chi connectivity index (χ3v) is 4.31. The third kappa shape index (κ3) is 2.93. The van der Waals surface area contributed by atoms with Gasteiger partial charge in [-0.15, -0.1) is 11.8 Å². The third-order valence-electron chi connectivity index (χ3n) is 3.54. The number of nitrogens with one attached hydrogen (secondary N) is 1. The number of carbonyl (C=O) groups is 1. The molecule has 0 aliphatic carbocycles. The molecule has 0 atom stereocenters. The molecule has 0 unspecified atom stereocenters. The number of rotatable bonds is 4. The number of pyridine rings is 1. The molecule has 3 aromatic rings. The van der Waals surface area contributed by atoms with E-state index in [-0.39, 0.29) is 11.3 Å². The minimum absolute atomic E-state index is 0.0349. The first-order valence-electron chi connectivity index (χ1n) is 7.08. The van der Waals surface area contributed by atoms with Crippen molar-refractivity contribution in [1.82, 2.24) is 4.98 Å².